The van der Waals surface area contributed by atoms with Gasteiger partial charge in [-0.05, 0) is 13.0 Å². The van der Waals surface area contributed by atoms with Crippen molar-refractivity contribution in [1.82, 2.24) is 19.6 Å². The smallest absolute Gasteiger partial charge is 0.302 e. The highest BCUT2D eigenvalue weighted by molar-refractivity contribution is 7.98. The van der Waals surface area contributed by atoms with Crippen LogP contribution in [-0.4, -0.2) is 66.7 Å². The van der Waals surface area contributed by atoms with E-state index in [-0.39, 0.29) is 34.8 Å². The molecule has 0 unspecified atom stereocenters. The van der Waals surface area contributed by atoms with Crippen molar-refractivity contribution in [2.75, 3.05) is 37.5 Å². The molecule has 2 aromatic rings. The quantitative estimate of drug-likeness (QED) is 0.368. The summed E-state index contributed by atoms with van der Waals surface area (Å²) in [6.07, 6.45) is -0.770. The Hall–Kier alpha value is -2.06. The van der Waals surface area contributed by atoms with Gasteiger partial charge in [-0.25, -0.2) is 13.8 Å². The van der Waals surface area contributed by atoms with Gasteiger partial charge in [0.15, 0.2) is 16.8 Å². The minimum atomic E-state index is -3.85. The number of aliphatic hydroxyl groups is 1. The Morgan fingerprint density at radius 2 is 2.06 bits per heavy atom. The van der Waals surface area contributed by atoms with E-state index in [1.807, 2.05) is 0 Å². The number of halogens is 2. The lowest BCUT2D eigenvalue weighted by Crippen LogP contribution is -2.48. The molecule has 0 saturated carbocycles. The Labute approximate surface area is 183 Å². The van der Waals surface area contributed by atoms with E-state index < -0.39 is 27.9 Å². The van der Waals surface area contributed by atoms with E-state index in [0.717, 1.165) is 17.8 Å². The van der Waals surface area contributed by atoms with Crippen LogP contribution in [0.1, 0.15) is 12.5 Å². The highest BCUT2D eigenvalue weighted by Gasteiger charge is 2.24. The van der Waals surface area contributed by atoms with Crippen molar-refractivity contribution in [3.05, 3.63) is 41.5 Å². The average molecular weight is 476 g/mol. The minimum Gasteiger partial charge on any atom is -0.475 e. The zero-order valence-corrected chi connectivity index (χ0v) is 18.3. The number of rotatable bonds is 9. The number of benzene rings is 1. The van der Waals surface area contributed by atoms with Gasteiger partial charge < -0.3 is 15.2 Å². The summed E-state index contributed by atoms with van der Waals surface area (Å²) < 4.78 is 61.7. The SMILES string of the molecule is C[C@@H](O)COc1cc(NS(=O)(=O)N2CCNCC2)nc(SCc2cccc(F)c2F)n1. The third-order valence-electron chi connectivity index (χ3n) is 4.19. The van der Waals surface area contributed by atoms with Crippen LogP contribution >= 0.6 is 11.8 Å². The second-order valence-corrected chi connectivity index (χ2v) is 9.40. The molecule has 13 heteroatoms. The van der Waals surface area contributed by atoms with Crippen molar-refractivity contribution < 1.29 is 27.0 Å². The lowest BCUT2D eigenvalue weighted by molar-refractivity contribution is 0.119. The maximum absolute atomic E-state index is 13.9. The lowest BCUT2D eigenvalue weighted by atomic mass is 10.2. The number of anilines is 1. The van der Waals surface area contributed by atoms with Crippen LogP contribution in [0.15, 0.2) is 29.4 Å². The fourth-order valence-corrected chi connectivity index (χ4v) is 4.67. The van der Waals surface area contributed by atoms with Crippen molar-refractivity contribution in [3.63, 3.8) is 0 Å². The third kappa shape index (κ3) is 6.71. The molecule has 3 N–H and O–H groups in total. The summed E-state index contributed by atoms with van der Waals surface area (Å²) in [4.78, 5) is 8.33. The van der Waals surface area contributed by atoms with Crippen molar-refractivity contribution in [2.45, 2.75) is 23.9 Å². The van der Waals surface area contributed by atoms with Gasteiger partial charge in [-0.3, -0.25) is 4.72 Å². The van der Waals surface area contributed by atoms with Crippen molar-refractivity contribution in [3.8, 4) is 5.88 Å². The predicted molar refractivity (Wildman–Crippen MR) is 112 cm³/mol. The predicted octanol–water partition coefficient (Wildman–Crippen LogP) is 1.37. The van der Waals surface area contributed by atoms with E-state index >= 15 is 0 Å². The van der Waals surface area contributed by atoms with Gasteiger partial charge in [-0.15, -0.1) is 0 Å². The first-order chi connectivity index (χ1) is 14.7. The number of nitrogens with zero attached hydrogens (tertiary/aromatic N) is 3. The zero-order chi connectivity index (χ0) is 22.4. The van der Waals surface area contributed by atoms with Crippen LogP contribution in [0, 0.1) is 11.6 Å². The zero-order valence-electron chi connectivity index (χ0n) is 16.7. The number of nitrogens with one attached hydrogen (secondary N) is 2. The molecule has 1 aliphatic rings. The molecule has 1 fully saturated rings. The minimum absolute atomic E-state index is 0.0213. The first-order valence-electron chi connectivity index (χ1n) is 9.49. The normalized spacial score (nSPS) is 16.1. The van der Waals surface area contributed by atoms with Crippen LogP contribution in [0.25, 0.3) is 0 Å². The monoisotopic (exact) mass is 475 g/mol. The average Bonchev–Trinajstić information content (AvgIpc) is 2.73. The molecule has 1 aromatic heterocycles. The Kier molecular flexibility index (Phi) is 8.00. The van der Waals surface area contributed by atoms with Gasteiger partial charge in [0, 0.05) is 43.6 Å². The summed E-state index contributed by atoms with van der Waals surface area (Å²) in [6.45, 7) is 3.15. The van der Waals surface area contributed by atoms with Crippen molar-refractivity contribution in [2.24, 2.45) is 0 Å². The molecule has 1 aliphatic heterocycles. The highest BCUT2D eigenvalue weighted by atomic mass is 32.2. The molecule has 3 rings (SSSR count). The fraction of sp³-hybridized carbons (Fsp3) is 0.444. The van der Waals surface area contributed by atoms with Gasteiger partial charge in [-0.2, -0.15) is 17.7 Å². The van der Waals surface area contributed by atoms with Crippen LogP contribution in [0.3, 0.4) is 0 Å². The summed E-state index contributed by atoms with van der Waals surface area (Å²) in [5.74, 6) is -1.89. The molecule has 31 heavy (non-hydrogen) atoms. The molecule has 0 amide bonds. The number of aliphatic hydroxyl groups excluding tert-OH is 1. The van der Waals surface area contributed by atoms with Gasteiger partial charge >= 0.3 is 10.2 Å². The molecule has 1 saturated heterocycles. The molecule has 1 aromatic carbocycles. The maximum atomic E-state index is 13.9. The van der Waals surface area contributed by atoms with Gasteiger partial charge in [-0.1, -0.05) is 23.9 Å². The Morgan fingerprint density at radius 3 is 2.77 bits per heavy atom. The van der Waals surface area contributed by atoms with E-state index in [0.29, 0.717) is 26.2 Å². The number of ether oxygens (including phenoxy) is 1. The highest BCUT2D eigenvalue weighted by Crippen LogP contribution is 2.26. The first kappa shape index (κ1) is 23.6. The summed E-state index contributed by atoms with van der Waals surface area (Å²) in [6, 6.07) is 5.15. The first-order valence-corrected chi connectivity index (χ1v) is 11.9. The number of hydrogen-bond donors (Lipinski definition) is 3. The molecule has 0 aliphatic carbocycles. The molecule has 0 radical (unpaired) electrons. The van der Waals surface area contributed by atoms with Crippen molar-refractivity contribution in [1.29, 1.82) is 0 Å². The van der Waals surface area contributed by atoms with Gasteiger partial charge in [0.25, 0.3) is 0 Å². The Bertz CT molecular complexity index is 1000. The number of thioether (sulfide) groups is 1. The topological polar surface area (TPSA) is 117 Å². The largest absolute Gasteiger partial charge is 0.475 e. The van der Waals surface area contributed by atoms with Crippen LogP contribution in [-0.2, 0) is 16.0 Å². The Morgan fingerprint density at radius 1 is 1.32 bits per heavy atom. The maximum Gasteiger partial charge on any atom is 0.302 e. The molecule has 170 valence electrons. The molecular formula is C18H23F2N5O4S2. The summed E-state index contributed by atoms with van der Waals surface area (Å²) >= 11 is 0.991. The van der Waals surface area contributed by atoms with Gasteiger partial charge in [0.2, 0.25) is 5.88 Å². The van der Waals surface area contributed by atoms with E-state index in [1.165, 1.54) is 29.4 Å². The molecule has 0 spiro atoms. The molecule has 0 bridgehead atoms. The third-order valence-corrected chi connectivity index (χ3v) is 6.60. The van der Waals surface area contributed by atoms with Gasteiger partial charge in [0.1, 0.15) is 12.4 Å². The molecular weight excluding hydrogens is 452 g/mol. The molecule has 9 nitrogen and oxygen atoms in total. The van der Waals surface area contributed by atoms with Crippen LogP contribution in [0.2, 0.25) is 0 Å². The van der Waals surface area contributed by atoms with E-state index in [9.17, 15) is 22.3 Å². The second kappa shape index (κ2) is 10.5. The van der Waals surface area contributed by atoms with Gasteiger partial charge in [0.05, 0.1) is 6.10 Å². The van der Waals surface area contributed by atoms with Crippen molar-refractivity contribution >= 4 is 27.8 Å². The van der Waals surface area contributed by atoms with E-state index in [2.05, 4.69) is 20.0 Å². The number of hydrogen-bond acceptors (Lipinski definition) is 8. The van der Waals surface area contributed by atoms with E-state index in [4.69, 9.17) is 4.74 Å². The second-order valence-electron chi connectivity index (χ2n) is 6.79. The lowest BCUT2D eigenvalue weighted by Gasteiger charge is -2.26. The molecule has 1 atom stereocenters. The van der Waals surface area contributed by atoms with Crippen LogP contribution in [0.4, 0.5) is 14.6 Å². The number of piperazine rings is 1. The van der Waals surface area contributed by atoms with Crippen LogP contribution < -0.4 is 14.8 Å². The summed E-state index contributed by atoms with van der Waals surface area (Å²) in [5, 5.41) is 12.6. The van der Waals surface area contributed by atoms with Crippen LogP contribution in [0.5, 0.6) is 5.88 Å². The number of aromatic nitrogens is 2. The fourth-order valence-electron chi connectivity index (χ4n) is 2.68. The summed E-state index contributed by atoms with van der Waals surface area (Å²) in [5.41, 5.74) is 0.117. The Balaban J connectivity index is 1.80. The summed E-state index contributed by atoms with van der Waals surface area (Å²) in [7, 11) is -3.85. The molecule has 2 heterocycles. The van der Waals surface area contributed by atoms with E-state index in [1.54, 1.807) is 0 Å². The standard InChI is InChI=1S/C18H23F2N5O4S2/c1-12(26)10-29-16-9-15(24-31(27,28)25-7-5-21-6-8-25)22-18(23-16)30-11-13-3-2-4-14(19)17(13)20/h2-4,9,12,21,26H,5-8,10-11H2,1H3,(H,22,23,24)/t12-/m1/s1.